The lowest BCUT2D eigenvalue weighted by Crippen LogP contribution is -2.40. The number of carbonyl (C=O) groups excluding carboxylic acids is 2. The summed E-state index contributed by atoms with van der Waals surface area (Å²) in [6.45, 7) is 2.08. The van der Waals surface area contributed by atoms with E-state index in [1.165, 1.54) is 15.3 Å². The fourth-order valence-electron chi connectivity index (χ4n) is 2.36. The summed E-state index contributed by atoms with van der Waals surface area (Å²) in [5, 5.41) is 15.0. The summed E-state index contributed by atoms with van der Waals surface area (Å²) in [6, 6.07) is 8.21. The predicted molar refractivity (Wildman–Crippen MR) is 91.4 cm³/mol. The Labute approximate surface area is 146 Å². The van der Waals surface area contributed by atoms with E-state index < -0.39 is 0 Å². The van der Waals surface area contributed by atoms with E-state index in [0.717, 1.165) is 24.8 Å². The van der Waals surface area contributed by atoms with Gasteiger partial charge >= 0.3 is 0 Å². The van der Waals surface area contributed by atoms with Crippen molar-refractivity contribution in [1.29, 1.82) is 0 Å². The fraction of sp³-hybridized carbons (Fsp3) is 0.471. The first-order valence-corrected chi connectivity index (χ1v) is 8.45. The van der Waals surface area contributed by atoms with Gasteiger partial charge in [0.05, 0.1) is 6.54 Å². The Morgan fingerprint density at radius 2 is 2.00 bits per heavy atom. The molecule has 1 aromatic heterocycles. The molecular weight excluding hydrogens is 320 g/mol. The molecule has 1 saturated carbocycles. The number of rotatable bonds is 7. The van der Waals surface area contributed by atoms with Gasteiger partial charge in [0.25, 0.3) is 0 Å². The van der Waals surface area contributed by atoms with Gasteiger partial charge < -0.3 is 10.2 Å². The Morgan fingerprint density at radius 3 is 2.64 bits per heavy atom. The van der Waals surface area contributed by atoms with Crippen LogP contribution in [0.4, 0.5) is 0 Å². The average molecular weight is 342 g/mol. The lowest BCUT2D eigenvalue weighted by Gasteiger charge is -2.16. The minimum atomic E-state index is -0.240. The molecule has 2 aromatic rings. The standard InChI is InChI=1S/C17H22N6O2/c1-3-12-4-6-13(7-5-12)17-19-21-23(20-17)11-16(25)22(2)10-15(24)18-14-8-9-14/h4-7,14H,3,8-11H2,1-2H3,(H,18,24). The minimum absolute atomic E-state index is 0.0371. The van der Waals surface area contributed by atoms with E-state index in [1.54, 1.807) is 7.05 Å². The minimum Gasteiger partial charge on any atom is -0.352 e. The van der Waals surface area contributed by atoms with Crippen LogP contribution < -0.4 is 5.32 Å². The van der Waals surface area contributed by atoms with E-state index in [4.69, 9.17) is 0 Å². The van der Waals surface area contributed by atoms with Crippen LogP contribution >= 0.6 is 0 Å². The summed E-state index contributed by atoms with van der Waals surface area (Å²) < 4.78 is 0. The van der Waals surface area contributed by atoms with E-state index in [-0.39, 0.29) is 30.9 Å². The monoisotopic (exact) mass is 342 g/mol. The molecule has 0 saturated heterocycles. The van der Waals surface area contributed by atoms with Crippen LogP contribution in [0.3, 0.4) is 0 Å². The van der Waals surface area contributed by atoms with Crippen LogP contribution in [0, 0.1) is 0 Å². The first kappa shape index (κ1) is 17.1. The third-order valence-electron chi connectivity index (χ3n) is 4.10. The first-order chi connectivity index (χ1) is 12.0. The summed E-state index contributed by atoms with van der Waals surface area (Å²) in [5.41, 5.74) is 2.09. The molecule has 132 valence electrons. The molecule has 1 fully saturated rings. The largest absolute Gasteiger partial charge is 0.352 e. The Balaban J connectivity index is 1.56. The smallest absolute Gasteiger partial charge is 0.246 e. The van der Waals surface area contributed by atoms with Crippen LogP contribution in [-0.2, 0) is 22.6 Å². The SMILES string of the molecule is CCc1ccc(-c2nnn(CC(=O)N(C)CC(=O)NC3CC3)n2)cc1. The zero-order valence-corrected chi connectivity index (χ0v) is 14.5. The Hall–Kier alpha value is -2.77. The van der Waals surface area contributed by atoms with Crippen molar-refractivity contribution in [3.05, 3.63) is 29.8 Å². The second-order valence-electron chi connectivity index (χ2n) is 6.29. The van der Waals surface area contributed by atoms with Crippen molar-refractivity contribution in [2.75, 3.05) is 13.6 Å². The molecule has 0 radical (unpaired) electrons. The molecule has 3 rings (SSSR count). The highest BCUT2D eigenvalue weighted by Crippen LogP contribution is 2.18. The lowest BCUT2D eigenvalue weighted by molar-refractivity contribution is -0.135. The van der Waals surface area contributed by atoms with Gasteiger partial charge in [-0.05, 0) is 30.0 Å². The molecule has 25 heavy (non-hydrogen) atoms. The number of hydrogen-bond acceptors (Lipinski definition) is 5. The second-order valence-corrected chi connectivity index (χ2v) is 6.29. The number of hydrogen-bond donors (Lipinski definition) is 1. The number of benzene rings is 1. The van der Waals surface area contributed by atoms with Crippen molar-refractivity contribution >= 4 is 11.8 Å². The van der Waals surface area contributed by atoms with Gasteiger partial charge in [-0.3, -0.25) is 9.59 Å². The highest BCUT2D eigenvalue weighted by atomic mass is 16.2. The molecule has 1 aromatic carbocycles. The number of carbonyl (C=O) groups is 2. The van der Waals surface area contributed by atoms with Gasteiger partial charge in [-0.1, -0.05) is 31.2 Å². The normalized spacial score (nSPS) is 13.5. The number of amides is 2. The molecule has 0 spiro atoms. The van der Waals surface area contributed by atoms with Gasteiger partial charge in [0, 0.05) is 18.7 Å². The van der Waals surface area contributed by atoms with Crippen molar-refractivity contribution in [2.45, 2.75) is 38.8 Å². The molecule has 0 aliphatic heterocycles. The Kier molecular flexibility index (Phi) is 5.06. The summed E-state index contributed by atoms with van der Waals surface area (Å²) in [5.74, 6) is 0.0995. The maximum absolute atomic E-state index is 12.2. The highest BCUT2D eigenvalue weighted by Gasteiger charge is 2.24. The van der Waals surface area contributed by atoms with Crippen LogP contribution in [0.15, 0.2) is 24.3 Å². The van der Waals surface area contributed by atoms with Crippen molar-refractivity contribution in [1.82, 2.24) is 30.4 Å². The quantitative estimate of drug-likeness (QED) is 0.797. The van der Waals surface area contributed by atoms with Crippen molar-refractivity contribution < 1.29 is 9.59 Å². The molecule has 1 aliphatic rings. The predicted octanol–water partition coefficient (Wildman–Crippen LogP) is 0.639. The molecule has 8 heteroatoms. The maximum Gasteiger partial charge on any atom is 0.246 e. The highest BCUT2D eigenvalue weighted by molar-refractivity contribution is 5.84. The molecular formula is C17H22N6O2. The summed E-state index contributed by atoms with van der Waals surface area (Å²) in [4.78, 5) is 26.6. The maximum atomic E-state index is 12.2. The van der Waals surface area contributed by atoms with E-state index >= 15 is 0 Å². The molecule has 2 amide bonds. The fourth-order valence-corrected chi connectivity index (χ4v) is 2.36. The summed E-state index contributed by atoms with van der Waals surface area (Å²) in [6.07, 6.45) is 3.01. The molecule has 0 bridgehead atoms. The van der Waals surface area contributed by atoms with Gasteiger partial charge in [-0.2, -0.15) is 4.80 Å². The topological polar surface area (TPSA) is 93.0 Å². The van der Waals surface area contributed by atoms with Crippen LogP contribution in [0.2, 0.25) is 0 Å². The van der Waals surface area contributed by atoms with E-state index in [1.807, 2.05) is 24.3 Å². The zero-order chi connectivity index (χ0) is 17.8. The van der Waals surface area contributed by atoms with Crippen LogP contribution in [-0.4, -0.2) is 56.6 Å². The third-order valence-corrected chi connectivity index (χ3v) is 4.10. The number of nitrogens with one attached hydrogen (secondary N) is 1. The van der Waals surface area contributed by atoms with Gasteiger partial charge in [0.1, 0.15) is 6.54 Å². The zero-order valence-electron chi connectivity index (χ0n) is 14.5. The van der Waals surface area contributed by atoms with E-state index in [2.05, 4.69) is 27.7 Å². The van der Waals surface area contributed by atoms with Crippen molar-refractivity contribution in [3.63, 3.8) is 0 Å². The van der Waals surface area contributed by atoms with Gasteiger partial charge in [-0.15, -0.1) is 10.2 Å². The molecule has 0 unspecified atom stereocenters. The summed E-state index contributed by atoms with van der Waals surface area (Å²) >= 11 is 0. The van der Waals surface area contributed by atoms with Gasteiger partial charge in [0.15, 0.2) is 0 Å². The second kappa shape index (κ2) is 7.42. The van der Waals surface area contributed by atoms with Crippen LogP contribution in [0.1, 0.15) is 25.3 Å². The van der Waals surface area contributed by atoms with Gasteiger partial charge in [-0.25, -0.2) is 0 Å². The van der Waals surface area contributed by atoms with Crippen molar-refractivity contribution in [2.24, 2.45) is 0 Å². The number of tetrazole rings is 1. The molecule has 0 atom stereocenters. The van der Waals surface area contributed by atoms with Crippen LogP contribution in [0.25, 0.3) is 11.4 Å². The molecule has 1 N–H and O–H groups in total. The number of aromatic nitrogens is 4. The number of aryl methyl sites for hydroxylation is 1. The Morgan fingerprint density at radius 1 is 1.28 bits per heavy atom. The van der Waals surface area contributed by atoms with Gasteiger partial charge in [0.2, 0.25) is 17.6 Å². The third kappa shape index (κ3) is 4.62. The average Bonchev–Trinajstić information content (AvgIpc) is 3.29. The van der Waals surface area contributed by atoms with Crippen molar-refractivity contribution in [3.8, 4) is 11.4 Å². The molecule has 1 aliphatic carbocycles. The number of nitrogens with zero attached hydrogens (tertiary/aromatic N) is 5. The first-order valence-electron chi connectivity index (χ1n) is 8.45. The molecule has 1 heterocycles. The van der Waals surface area contributed by atoms with Crippen LogP contribution in [0.5, 0.6) is 0 Å². The number of likely N-dealkylation sites (N-methyl/N-ethyl adjacent to an activating group) is 1. The van der Waals surface area contributed by atoms with E-state index in [0.29, 0.717) is 5.82 Å². The Bertz CT molecular complexity index is 751. The lowest BCUT2D eigenvalue weighted by atomic mass is 10.1. The van der Waals surface area contributed by atoms with E-state index in [9.17, 15) is 9.59 Å². The summed E-state index contributed by atoms with van der Waals surface area (Å²) in [7, 11) is 1.59. The molecule has 8 nitrogen and oxygen atoms in total.